The number of carboxylic acids is 1. The molecule has 3 nitrogen and oxygen atoms in total. The molecule has 0 fully saturated rings. The normalized spacial score (nSPS) is 16.9. The second kappa shape index (κ2) is 12.0. The Balaban J connectivity index is 0.000000283. The Bertz CT molecular complexity index is 749. The van der Waals surface area contributed by atoms with E-state index in [4.69, 9.17) is 9.84 Å². The third-order valence-corrected chi connectivity index (χ3v) is 4.56. The van der Waals surface area contributed by atoms with Crippen LogP contribution in [-0.4, -0.2) is 18.2 Å². The Morgan fingerprint density at radius 2 is 1.86 bits per heavy atom. The summed E-state index contributed by atoms with van der Waals surface area (Å²) in [5.74, 6) is -0.300. The summed E-state index contributed by atoms with van der Waals surface area (Å²) in [5.41, 5.74) is 4.10. The monoisotopic (exact) mass is 382 g/mol. The van der Waals surface area contributed by atoms with Crippen molar-refractivity contribution in [2.75, 3.05) is 7.11 Å². The third-order valence-electron chi connectivity index (χ3n) is 4.56. The molecule has 0 amide bonds. The van der Waals surface area contributed by atoms with Gasteiger partial charge in [-0.25, -0.2) is 4.79 Å². The Labute approximate surface area is 170 Å². The lowest BCUT2D eigenvalue weighted by atomic mass is 9.87. The highest BCUT2D eigenvalue weighted by molar-refractivity contribution is 5.85. The molecule has 0 aliphatic heterocycles. The van der Waals surface area contributed by atoms with Crippen molar-refractivity contribution >= 4 is 12.0 Å². The molecule has 1 aliphatic rings. The molecule has 0 aromatic heterocycles. The summed E-state index contributed by atoms with van der Waals surface area (Å²) in [6.45, 7) is 9.10. The van der Waals surface area contributed by atoms with E-state index in [0.29, 0.717) is 11.2 Å². The molecule has 28 heavy (non-hydrogen) atoms. The first-order valence-corrected chi connectivity index (χ1v) is 9.76. The van der Waals surface area contributed by atoms with Crippen LogP contribution in [0.25, 0.3) is 6.08 Å². The van der Waals surface area contributed by atoms with Gasteiger partial charge in [-0.1, -0.05) is 67.5 Å². The molecule has 2 rings (SSSR count). The van der Waals surface area contributed by atoms with Crippen LogP contribution < -0.4 is 4.74 Å². The maximum Gasteiger partial charge on any atom is 0.328 e. The number of methoxy groups -OCH3 is 1. The van der Waals surface area contributed by atoms with Crippen molar-refractivity contribution in [3.05, 3.63) is 71.4 Å². The van der Waals surface area contributed by atoms with Gasteiger partial charge in [0.15, 0.2) is 0 Å². The van der Waals surface area contributed by atoms with E-state index in [1.165, 1.54) is 30.1 Å². The highest BCUT2D eigenvalue weighted by atomic mass is 16.5. The molecular weight excluding hydrogens is 348 g/mol. The summed E-state index contributed by atoms with van der Waals surface area (Å²) in [6.07, 6.45) is 16.7. The minimum absolute atomic E-state index is 0.311. The van der Waals surface area contributed by atoms with Gasteiger partial charge in [-0.05, 0) is 57.1 Å². The van der Waals surface area contributed by atoms with E-state index in [0.717, 1.165) is 24.5 Å². The number of rotatable bonds is 3. The molecule has 0 bridgehead atoms. The zero-order valence-electron chi connectivity index (χ0n) is 17.9. The lowest BCUT2D eigenvalue weighted by molar-refractivity contribution is -0.131. The molecule has 152 valence electrons. The number of aliphatic carboxylic acids is 1. The average molecular weight is 383 g/mol. The van der Waals surface area contributed by atoms with Gasteiger partial charge in [-0.3, -0.25) is 0 Å². The summed E-state index contributed by atoms with van der Waals surface area (Å²) in [5, 5.41) is 8.41. The van der Waals surface area contributed by atoms with E-state index in [2.05, 4.69) is 52.0 Å². The lowest BCUT2D eigenvalue weighted by Crippen LogP contribution is -2.05. The highest BCUT2D eigenvalue weighted by Gasteiger charge is 2.11. The molecule has 0 heterocycles. The Morgan fingerprint density at radius 1 is 1.14 bits per heavy atom. The van der Waals surface area contributed by atoms with Gasteiger partial charge < -0.3 is 9.84 Å². The first-order valence-electron chi connectivity index (χ1n) is 9.76. The topological polar surface area (TPSA) is 46.5 Å². The quantitative estimate of drug-likeness (QED) is 0.460. The number of para-hydroxylation sites is 1. The predicted molar refractivity (Wildman–Crippen MR) is 119 cm³/mol. The minimum Gasteiger partial charge on any atom is -0.496 e. The van der Waals surface area contributed by atoms with Gasteiger partial charge in [-0.15, -0.1) is 0 Å². The number of ether oxygens (including phenoxy) is 1. The number of allylic oxidation sites excluding steroid dienone is 6. The van der Waals surface area contributed by atoms with Crippen LogP contribution in [0.2, 0.25) is 0 Å². The van der Waals surface area contributed by atoms with Crippen molar-refractivity contribution in [3.63, 3.8) is 0 Å². The second-order valence-electron chi connectivity index (χ2n) is 7.85. The van der Waals surface area contributed by atoms with Crippen LogP contribution in [-0.2, 0) is 4.79 Å². The zero-order chi connectivity index (χ0) is 21.0. The van der Waals surface area contributed by atoms with Crippen molar-refractivity contribution in [3.8, 4) is 5.75 Å². The number of benzene rings is 1. The molecular formula is C25H34O3. The summed E-state index contributed by atoms with van der Waals surface area (Å²) >= 11 is 0. The van der Waals surface area contributed by atoms with Crippen molar-refractivity contribution in [2.24, 2.45) is 5.41 Å². The fourth-order valence-electron chi connectivity index (χ4n) is 2.77. The molecule has 0 saturated heterocycles. The molecule has 1 N–H and O–H groups in total. The predicted octanol–water partition coefficient (Wildman–Crippen LogP) is 6.83. The number of carboxylic acid groups (broad SMARTS) is 1. The smallest absolute Gasteiger partial charge is 0.328 e. The van der Waals surface area contributed by atoms with Gasteiger partial charge >= 0.3 is 5.97 Å². The Hall–Kier alpha value is -2.55. The van der Waals surface area contributed by atoms with Crippen LogP contribution >= 0.6 is 0 Å². The molecule has 3 heteroatoms. The van der Waals surface area contributed by atoms with Gasteiger partial charge in [0.1, 0.15) is 5.75 Å². The summed E-state index contributed by atoms with van der Waals surface area (Å²) in [4.78, 5) is 10.2. The van der Waals surface area contributed by atoms with Crippen LogP contribution in [0.1, 0.15) is 58.9 Å². The molecule has 1 aromatic carbocycles. The molecule has 0 spiro atoms. The lowest BCUT2D eigenvalue weighted by Gasteiger charge is -2.18. The summed E-state index contributed by atoms with van der Waals surface area (Å²) < 4.78 is 5.03. The van der Waals surface area contributed by atoms with Gasteiger partial charge in [0, 0.05) is 11.6 Å². The standard InChI is InChI=1S/C15H24.C10H10O3/c1-13-7-5-8-14(2)10-12-15(3,4)11-6-9-13;1-13-9-5-3-2-4-8(9)6-7-10(11)12/h6-7,10-11H,5,8-9,12H2,1-4H3;2-7H,1H3,(H,11,12). The number of hydrogen-bond acceptors (Lipinski definition) is 2. The molecule has 0 saturated carbocycles. The van der Waals surface area contributed by atoms with E-state index in [9.17, 15) is 4.79 Å². The maximum absolute atomic E-state index is 10.2. The SMILES string of the molecule is CC1=CCCC(C)=CCC(C)(C)C=CC1.COc1ccccc1C=CC(=O)O. The van der Waals surface area contributed by atoms with Gasteiger partial charge in [0.2, 0.25) is 0 Å². The minimum atomic E-state index is -0.967. The number of hydrogen-bond donors (Lipinski definition) is 1. The van der Waals surface area contributed by atoms with E-state index >= 15 is 0 Å². The van der Waals surface area contributed by atoms with Gasteiger partial charge in [0.25, 0.3) is 0 Å². The number of carbonyl (C=O) groups is 1. The van der Waals surface area contributed by atoms with Crippen LogP contribution in [0.4, 0.5) is 0 Å². The molecule has 0 radical (unpaired) electrons. The van der Waals surface area contributed by atoms with E-state index in [1.807, 2.05) is 12.1 Å². The fraction of sp³-hybridized carbons (Fsp3) is 0.400. The van der Waals surface area contributed by atoms with Crippen LogP contribution in [0.5, 0.6) is 5.75 Å². The summed E-state index contributed by atoms with van der Waals surface area (Å²) in [6, 6.07) is 7.22. The fourth-order valence-corrected chi connectivity index (χ4v) is 2.77. The molecule has 0 unspecified atom stereocenters. The largest absolute Gasteiger partial charge is 0.496 e. The van der Waals surface area contributed by atoms with Crippen LogP contribution in [0.15, 0.2) is 65.8 Å². The first-order chi connectivity index (χ1) is 13.2. The van der Waals surface area contributed by atoms with Gasteiger partial charge in [0.05, 0.1) is 7.11 Å². The van der Waals surface area contributed by atoms with Crippen molar-refractivity contribution in [1.29, 1.82) is 0 Å². The van der Waals surface area contributed by atoms with Crippen LogP contribution in [0.3, 0.4) is 0 Å². The van der Waals surface area contributed by atoms with Crippen molar-refractivity contribution in [2.45, 2.75) is 53.4 Å². The average Bonchev–Trinajstić information content (AvgIpc) is 2.67. The van der Waals surface area contributed by atoms with Crippen LogP contribution in [0, 0.1) is 5.41 Å². The molecule has 0 atom stereocenters. The summed E-state index contributed by atoms with van der Waals surface area (Å²) in [7, 11) is 1.55. The van der Waals surface area contributed by atoms with Gasteiger partial charge in [-0.2, -0.15) is 0 Å². The molecule has 1 aromatic rings. The zero-order valence-corrected chi connectivity index (χ0v) is 17.9. The maximum atomic E-state index is 10.2. The van der Waals surface area contributed by atoms with Crippen molar-refractivity contribution < 1.29 is 14.6 Å². The van der Waals surface area contributed by atoms with E-state index in [-0.39, 0.29) is 0 Å². The Kier molecular flexibility index (Phi) is 10.1. The Morgan fingerprint density at radius 3 is 2.54 bits per heavy atom. The van der Waals surface area contributed by atoms with E-state index in [1.54, 1.807) is 19.2 Å². The van der Waals surface area contributed by atoms with Crippen molar-refractivity contribution in [1.82, 2.24) is 0 Å². The third kappa shape index (κ3) is 9.96. The first kappa shape index (κ1) is 23.5. The highest BCUT2D eigenvalue weighted by Crippen LogP contribution is 2.25. The molecule has 1 aliphatic carbocycles. The van der Waals surface area contributed by atoms with E-state index < -0.39 is 5.97 Å². The second-order valence-corrected chi connectivity index (χ2v) is 7.85.